The summed E-state index contributed by atoms with van der Waals surface area (Å²) in [5.41, 5.74) is 2.08. The largest absolute Gasteiger partial charge is 0.504 e. The third-order valence-corrected chi connectivity index (χ3v) is 20.6. The molecule has 1 saturated heterocycles. The number of hydrogen-bond donors (Lipinski definition) is 9. The Balaban J connectivity index is 1.06. The molecule has 3 fully saturated rings. The van der Waals surface area contributed by atoms with Gasteiger partial charge in [-0.2, -0.15) is 0 Å². The van der Waals surface area contributed by atoms with Crippen molar-refractivity contribution in [1.29, 1.82) is 0 Å². The maximum absolute atomic E-state index is 13.5. The zero-order valence-electron chi connectivity index (χ0n) is 44.9. The Labute approximate surface area is 458 Å². The van der Waals surface area contributed by atoms with Crippen molar-refractivity contribution in [2.45, 2.75) is 151 Å². The number of carbonyl (C=O) groups is 1. The molecule has 9 N–H and O–H groups in total. The Kier molecular flexibility index (Phi) is 21.2. The quantitative estimate of drug-likeness (QED) is 0.0416. The van der Waals surface area contributed by atoms with Crippen molar-refractivity contribution in [1.82, 2.24) is 10.6 Å². The molecule has 2 saturated carbocycles. The van der Waals surface area contributed by atoms with E-state index in [0.717, 1.165) is 75.5 Å². The Morgan fingerprint density at radius 2 is 1.63 bits per heavy atom. The number of benzene rings is 2. The Morgan fingerprint density at radius 3 is 2.38 bits per heavy atom. The molecule has 16 unspecified atom stereocenters. The number of phenols is 2. The average molecular weight is 1090 g/mol. The Hall–Kier alpha value is -3.59. The van der Waals surface area contributed by atoms with Crippen LogP contribution in [0.4, 0.5) is 0 Å². The molecule has 2 bridgehead atoms. The highest BCUT2D eigenvalue weighted by atomic mass is 33.1. The molecule has 16 atom stereocenters. The molecule has 76 heavy (non-hydrogen) atoms. The van der Waals surface area contributed by atoms with Gasteiger partial charge in [-0.3, -0.25) is 4.79 Å². The predicted molar refractivity (Wildman–Crippen MR) is 294 cm³/mol. The molecule has 420 valence electrons. The van der Waals surface area contributed by atoms with E-state index in [1.807, 2.05) is 6.07 Å². The number of methoxy groups -OCH3 is 3. The van der Waals surface area contributed by atoms with Crippen molar-refractivity contribution in [2.24, 2.45) is 52.8 Å². The van der Waals surface area contributed by atoms with Gasteiger partial charge in [0.25, 0.3) is 0 Å². The molecule has 3 aliphatic heterocycles. The zero-order valence-corrected chi connectivity index (χ0v) is 46.6. The summed E-state index contributed by atoms with van der Waals surface area (Å²) >= 11 is 0. The summed E-state index contributed by atoms with van der Waals surface area (Å²) in [6.45, 7) is 3.80. The van der Waals surface area contributed by atoms with Crippen LogP contribution in [0.2, 0.25) is 0 Å². The molecule has 17 heteroatoms. The van der Waals surface area contributed by atoms with Crippen LogP contribution in [0.1, 0.15) is 119 Å². The van der Waals surface area contributed by atoms with E-state index >= 15 is 0 Å². The van der Waals surface area contributed by atoms with Crippen LogP contribution in [0.15, 0.2) is 24.3 Å². The molecule has 8 rings (SSSR count). The number of aromatic hydroxyl groups is 2. The molecule has 15 nitrogen and oxygen atoms in total. The van der Waals surface area contributed by atoms with Crippen LogP contribution >= 0.6 is 21.6 Å². The van der Waals surface area contributed by atoms with Crippen molar-refractivity contribution < 1.29 is 64.2 Å². The highest BCUT2D eigenvalue weighted by Crippen LogP contribution is 2.57. The fourth-order valence-electron chi connectivity index (χ4n) is 13.8. The number of aliphatic hydroxyl groups is 5. The summed E-state index contributed by atoms with van der Waals surface area (Å²) in [5.74, 6) is 15.0. The van der Waals surface area contributed by atoms with E-state index in [0.29, 0.717) is 68.4 Å². The van der Waals surface area contributed by atoms with E-state index in [2.05, 4.69) is 41.2 Å². The molecule has 0 aromatic heterocycles. The van der Waals surface area contributed by atoms with Gasteiger partial charge in [-0.1, -0.05) is 52.7 Å². The van der Waals surface area contributed by atoms with E-state index in [1.165, 1.54) is 35.8 Å². The second-order valence-corrected chi connectivity index (χ2v) is 25.2. The van der Waals surface area contributed by atoms with Gasteiger partial charge >= 0.3 is 0 Å². The van der Waals surface area contributed by atoms with Crippen LogP contribution in [0.3, 0.4) is 0 Å². The minimum Gasteiger partial charge on any atom is -0.504 e. The monoisotopic (exact) mass is 1090 g/mol. The van der Waals surface area contributed by atoms with Crippen molar-refractivity contribution in [2.75, 3.05) is 60.2 Å². The van der Waals surface area contributed by atoms with Crippen molar-refractivity contribution in [3.05, 3.63) is 41.0 Å². The van der Waals surface area contributed by atoms with Crippen molar-refractivity contribution in [3.8, 4) is 52.4 Å². The molecule has 2 aromatic rings. The fourth-order valence-corrected chi connectivity index (χ4v) is 16.7. The first-order valence-electron chi connectivity index (χ1n) is 27.9. The Bertz CT molecular complexity index is 2350. The molecule has 3 aliphatic carbocycles. The number of amides is 1. The standard InChI is InChI=1S/C59H84N2O13S2/c1-35-10-13-40-14-17-48(64)56-43(58(69)61-47(56)9-6-22-70-2)8-5-7-36-18-20-59(40,30-35)46-27-42(16-12-39(46)32-60-31-36)74-52-26-38-11-15-41(73-34-63)28-49(65)45(23-37-24-53(71-3)57(68)54(25-37)72-4)51(67)33-75-76-55(19-21-62)44(38)29-50(52)66/h24-26,29,35-36,39-43,45-49,51,55-56,60,62-68H,6-7,9-17,19,21-23,27-28,30-34H2,1-4H3,(H,61,69). The first-order valence-corrected chi connectivity index (χ1v) is 30.3. The van der Waals surface area contributed by atoms with Crippen LogP contribution in [0.25, 0.3) is 0 Å². The fraction of sp³-hybridized carbons (Fsp3) is 0.712. The molecule has 0 radical (unpaired) electrons. The van der Waals surface area contributed by atoms with Gasteiger partial charge in [0.1, 0.15) is 12.7 Å². The lowest BCUT2D eigenvalue weighted by Gasteiger charge is -2.53. The molecule has 6 aliphatic rings. The van der Waals surface area contributed by atoms with Gasteiger partial charge in [0.2, 0.25) is 11.7 Å². The van der Waals surface area contributed by atoms with Crippen LogP contribution in [0, 0.1) is 76.4 Å². The SMILES string of the molecule is COCCCC1NC(=O)C2C#CCC3C#CC4(CC(C)CCC4CCC(O)C12)C1CC(Oc2cc4c(cc2O)C(CCO)SSCC(O)C(Cc2cc(OC)c(O)c(OC)c2)C(O)CC(OCO)CC4)CCC1CNC3. The molecular formula is C59H84N2O13S2. The minimum absolute atomic E-state index is 0.00846. The summed E-state index contributed by atoms with van der Waals surface area (Å²) in [7, 11) is 7.51. The number of phenolic OH excluding ortho intramolecular Hbond substituents is 2. The van der Waals surface area contributed by atoms with Gasteiger partial charge in [0.15, 0.2) is 23.0 Å². The molecule has 2 aromatic carbocycles. The number of carbonyl (C=O) groups excluding carboxylic acids is 1. The van der Waals surface area contributed by atoms with Gasteiger partial charge in [0.05, 0.1) is 44.7 Å². The van der Waals surface area contributed by atoms with Gasteiger partial charge in [-0.15, -0.1) is 5.92 Å². The summed E-state index contributed by atoms with van der Waals surface area (Å²) in [4.78, 5) is 13.5. The number of aliphatic hydroxyl groups excluding tert-OH is 5. The second kappa shape index (κ2) is 27.5. The summed E-state index contributed by atoms with van der Waals surface area (Å²) in [6, 6.07) is 6.86. The number of nitrogens with one attached hydrogen (secondary N) is 2. The van der Waals surface area contributed by atoms with Crippen LogP contribution in [-0.4, -0.2) is 138 Å². The lowest BCUT2D eigenvalue weighted by atomic mass is 9.51. The number of ether oxygens (including phenoxy) is 5. The van der Waals surface area contributed by atoms with E-state index in [4.69, 9.17) is 23.7 Å². The van der Waals surface area contributed by atoms with Crippen LogP contribution < -0.4 is 24.8 Å². The predicted octanol–water partition coefficient (Wildman–Crippen LogP) is 6.69. The van der Waals surface area contributed by atoms with Crippen molar-refractivity contribution >= 4 is 27.5 Å². The number of rotatable bonds is 14. The van der Waals surface area contributed by atoms with Crippen LogP contribution in [0.5, 0.6) is 28.7 Å². The summed E-state index contributed by atoms with van der Waals surface area (Å²) < 4.78 is 29.1. The maximum Gasteiger partial charge on any atom is 0.235 e. The highest BCUT2D eigenvalue weighted by molar-refractivity contribution is 8.76. The smallest absolute Gasteiger partial charge is 0.235 e. The molecule has 3 heterocycles. The number of aryl methyl sites for hydroxylation is 1. The maximum atomic E-state index is 13.5. The normalized spacial score (nSPS) is 35.1. The third-order valence-electron chi connectivity index (χ3n) is 17.7. The van der Waals surface area contributed by atoms with E-state index in [9.17, 15) is 40.5 Å². The highest BCUT2D eigenvalue weighted by Gasteiger charge is 2.53. The molecular weight excluding hydrogens is 1010 g/mol. The van der Waals surface area contributed by atoms with E-state index in [1.54, 1.807) is 25.3 Å². The van der Waals surface area contributed by atoms with Gasteiger partial charge in [-0.05, 0) is 161 Å². The third kappa shape index (κ3) is 13.9. The van der Waals surface area contributed by atoms with Crippen molar-refractivity contribution in [3.63, 3.8) is 0 Å². The number of fused-ring (bicyclic) bond motifs is 4. The Morgan fingerprint density at radius 1 is 0.842 bits per heavy atom. The van der Waals surface area contributed by atoms with Crippen LogP contribution in [-0.2, 0) is 27.1 Å². The van der Waals surface area contributed by atoms with Gasteiger partial charge in [-0.25, -0.2) is 0 Å². The van der Waals surface area contributed by atoms with Gasteiger partial charge in [0, 0.05) is 73.5 Å². The molecule has 1 spiro atoms. The lowest BCUT2D eigenvalue weighted by molar-refractivity contribution is -0.122. The zero-order chi connectivity index (χ0) is 53.9. The second-order valence-electron chi connectivity index (χ2n) is 22.6. The summed E-state index contributed by atoms with van der Waals surface area (Å²) in [6.07, 6.45) is 6.92. The minimum atomic E-state index is -1.05. The lowest BCUT2D eigenvalue weighted by Crippen LogP contribution is -2.50. The average Bonchev–Trinajstić information content (AvgIpc) is 3.82. The van der Waals surface area contributed by atoms with E-state index in [-0.39, 0.29) is 101 Å². The molecule has 1 amide bonds. The first-order chi connectivity index (χ1) is 36.8. The topological polar surface area (TPSA) is 229 Å². The van der Waals surface area contributed by atoms with Gasteiger partial charge < -0.3 is 70.1 Å². The summed E-state index contributed by atoms with van der Waals surface area (Å²) in [5, 5.41) is 85.7. The number of hydrogen-bond acceptors (Lipinski definition) is 16. The van der Waals surface area contributed by atoms with E-state index < -0.39 is 43.0 Å². The first kappa shape index (κ1) is 58.6.